The van der Waals surface area contributed by atoms with Gasteiger partial charge in [-0.05, 0) is 224 Å². The van der Waals surface area contributed by atoms with Crippen LogP contribution in [0.2, 0.25) is 20.1 Å². The van der Waals surface area contributed by atoms with Gasteiger partial charge in [-0.2, -0.15) is 15.4 Å². The van der Waals surface area contributed by atoms with Crippen molar-refractivity contribution in [3.8, 4) is 0 Å². The lowest BCUT2D eigenvalue weighted by Gasteiger charge is -2.46. The minimum absolute atomic E-state index is 0.0398. The van der Waals surface area contributed by atoms with E-state index in [1.807, 2.05) is 47.5 Å². The Labute approximate surface area is 817 Å². The Morgan fingerprint density at radius 3 is 1.01 bits per heavy atom. The first-order valence-electron chi connectivity index (χ1n) is 45.9. The number of amides is 9. The van der Waals surface area contributed by atoms with Crippen LogP contribution in [0.1, 0.15) is 272 Å². The Hall–Kier alpha value is -12.9. The number of fused-ring (bicyclic) bond motifs is 8. The van der Waals surface area contributed by atoms with E-state index in [1.165, 1.54) is 20.9 Å². The molecule has 6 fully saturated rings. The molecule has 0 unspecified atom stereocenters. The minimum atomic E-state index is -3.11. The second-order valence-corrected chi connectivity index (χ2v) is 39.8. The highest BCUT2D eigenvalue weighted by molar-refractivity contribution is 6.46. The van der Waals surface area contributed by atoms with Crippen molar-refractivity contribution in [2.75, 3.05) is 28.3 Å². The lowest BCUT2D eigenvalue weighted by Crippen LogP contribution is -2.69. The maximum absolute atomic E-state index is 13.7. The molecule has 9 heterocycles. The van der Waals surface area contributed by atoms with Gasteiger partial charge in [0.15, 0.2) is 11.6 Å². The van der Waals surface area contributed by atoms with Crippen molar-refractivity contribution in [3.05, 3.63) is 217 Å². The SMILES string of the molecule is CCC(=O)C1(NC(=O)C(=O)c2c(C)c(C(=O)Nc3ccc(C)c(Cl)c3)n3c2CCC3)CC(F)(F)C1.CCC(=O)C1(NC(=O)C(=O)c2c(C)c(C(=O)Nc3ccc(C)c(Cl)c3)n3c2C[C@H]2C[C@H]23)CC(F)(F)C1.CNC(=O)C1(NC(=O)C(=O)c2c(C)c(C(=O)Nc3ccc(C)c(Cl)c3)n3c2C[C@@H]2C[C@@H]23)CC(F)(F)C1.Cc1ccc(NC(=O)c2c(C)c(C(=O)C(=O)NC3(c4cn[nH]n4)CC3)c3n2CCC3)cc1Cl. The molecule has 19 rings (SSSR count). The van der Waals surface area contributed by atoms with Crippen LogP contribution in [-0.2, 0) is 77.9 Å². The van der Waals surface area contributed by atoms with Gasteiger partial charge >= 0.3 is 0 Å². The Balaban J connectivity index is 0.000000135. The molecule has 140 heavy (non-hydrogen) atoms. The third-order valence-corrected chi connectivity index (χ3v) is 30.0. The maximum atomic E-state index is 13.7. The summed E-state index contributed by atoms with van der Waals surface area (Å²) >= 11 is 24.7. The summed E-state index contributed by atoms with van der Waals surface area (Å²) in [6, 6.07) is 20.8. The van der Waals surface area contributed by atoms with Crippen molar-refractivity contribution in [1.82, 2.24) is 60.3 Å². The summed E-state index contributed by atoms with van der Waals surface area (Å²) in [5.41, 5.74) is 5.89. The summed E-state index contributed by atoms with van der Waals surface area (Å²) in [5.74, 6) is -19.7. The number of H-pyrrole nitrogens is 1. The topological polar surface area (TPSA) is 426 Å². The monoisotopic (exact) mass is 2010 g/mol. The Morgan fingerprint density at radius 1 is 0.414 bits per heavy atom. The van der Waals surface area contributed by atoms with E-state index in [-0.39, 0.29) is 76.4 Å². The van der Waals surface area contributed by atoms with Gasteiger partial charge in [-0.15, -0.1) is 0 Å². The molecule has 4 aromatic carbocycles. The third-order valence-electron chi connectivity index (χ3n) is 28.4. The molecule has 0 bridgehead atoms. The number of carbonyl (C=O) groups is 15. The van der Waals surface area contributed by atoms with Crippen LogP contribution >= 0.6 is 46.4 Å². The Morgan fingerprint density at radius 2 is 0.714 bits per heavy atom. The van der Waals surface area contributed by atoms with Crippen LogP contribution < -0.4 is 47.9 Å². The number of alkyl halides is 6. The summed E-state index contributed by atoms with van der Waals surface area (Å²) in [5, 5.41) is 35.7. The number of nitrogens with one attached hydrogen (secondary N) is 10. The van der Waals surface area contributed by atoms with Crippen molar-refractivity contribution >= 4 is 157 Å². The van der Waals surface area contributed by atoms with E-state index in [0.29, 0.717) is 157 Å². The fourth-order valence-electron chi connectivity index (χ4n) is 20.9. The maximum Gasteiger partial charge on any atom is 0.293 e. The Kier molecular flexibility index (Phi) is 26.7. The molecular weight excluding hydrogens is 1910 g/mol. The predicted molar refractivity (Wildman–Crippen MR) is 504 cm³/mol. The number of nitrogens with zero attached hydrogens (tertiary/aromatic N) is 6. The fraction of sp³-hybridized carbons (Fsp3) is 0.424. The third kappa shape index (κ3) is 18.7. The van der Waals surface area contributed by atoms with Gasteiger partial charge < -0.3 is 66.1 Å². The zero-order valence-electron chi connectivity index (χ0n) is 78.0. The number of hydrogen-bond donors (Lipinski definition) is 10. The summed E-state index contributed by atoms with van der Waals surface area (Å²) in [7, 11) is 1.28. The van der Waals surface area contributed by atoms with E-state index >= 15 is 0 Å². The summed E-state index contributed by atoms with van der Waals surface area (Å²) in [6.07, 6.45) is 3.19. The van der Waals surface area contributed by atoms with Gasteiger partial charge in [0, 0.05) is 149 Å². The molecule has 6 aliphatic carbocycles. The molecule has 9 aromatic rings. The summed E-state index contributed by atoms with van der Waals surface area (Å²) < 4.78 is 89.1. The van der Waals surface area contributed by atoms with Gasteiger partial charge in [0.25, 0.3) is 88.2 Å². The van der Waals surface area contributed by atoms with Crippen molar-refractivity contribution in [1.29, 1.82) is 0 Å². The van der Waals surface area contributed by atoms with Crippen LogP contribution in [-0.4, -0.2) is 163 Å². The van der Waals surface area contributed by atoms with Crippen LogP contribution in [0, 0.1) is 67.2 Å². The molecule has 0 spiro atoms. The molecule has 10 aliphatic rings. The second kappa shape index (κ2) is 37.3. The van der Waals surface area contributed by atoms with Gasteiger partial charge in [-0.25, -0.2) is 26.3 Å². The van der Waals surface area contributed by atoms with Gasteiger partial charge in [-0.1, -0.05) is 84.5 Å². The van der Waals surface area contributed by atoms with E-state index in [1.54, 1.807) is 105 Å². The van der Waals surface area contributed by atoms with Crippen molar-refractivity contribution < 1.29 is 98.3 Å². The molecule has 4 atom stereocenters. The number of likely N-dealkylation sites (N-methyl/N-ethyl adjacent to an activating group) is 1. The summed E-state index contributed by atoms with van der Waals surface area (Å²) in [4.78, 5) is 195. The zero-order chi connectivity index (χ0) is 101. The largest absolute Gasteiger partial charge is 0.357 e. The second-order valence-electron chi connectivity index (χ2n) is 38.2. The highest BCUT2D eigenvalue weighted by Crippen LogP contribution is 2.57. The molecule has 0 radical (unpaired) electrons. The van der Waals surface area contributed by atoms with Gasteiger partial charge in [0.2, 0.25) is 5.91 Å². The number of hydrogen-bond acceptors (Lipinski definition) is 17. The van der Waals surface area contributed by atoms with Gasteiger partial charge in [-0.3, -0.25) is 71.9 Å². The van der Waals surface area contributed by atoms with Crippen molar-refractivity contribution in [2.45, 2.75) is 250 Å². The highest BCUT2D eigenvalue weighted by atomic mass is 35.5. The van der Waals surface area contributed by atoms with Gasteiger partial charge in [0.1, 0.15) is 45.1 Å². The first kappa shape index (κ1) is 100. The van der Waals surface area contributed by atoms with Crippen LogP contribution in [0.25, 0.3) is 0 Å². The average Bonchev–Trinajstić information content (AvgIpc) is 1.53. The van der Waals surface area contributed by atoms with Crippen molar-refractivity contribution in [3.63, 3.8) is 0 Å². The van der Waals surface area contributed by atoms with Gasteiger partial charge in [0.05, 0.1) is 34.0 Å². The lowest BCUT2D eigenvalue weighted by atomic mass is 9.69. The number of aryl methyl sites for hydroxylation is 4. The van der Waals surface area contributed by atoms with E-state index < -0.39 is 160 Å². The molecule has 31 nitrogen and oxygen atoms in total. The quantitative estimate of drug-likeness (QED) is 0.0137. The number of rotatable bonds is 26. The molecule has 5 aromatic heterocycles. The molecule has 0 saturated heterocycles. The minimum Gasteiger partial charge on any atom is -0.357 e. The van der Waals surface area contributed by atoms with E-state index in [9.17, 15) is 98.3 Å². The fourth-order valence-corrected chi connectivity index (χ4v) is 21.6. The predicted octanol–water partition coefficient (Wildman–Crippen LogP) is 15.4. The van der Waals surface area contributed by atoms with E-state index in [4.69, 9.17) is 46.4 Å². The van der Waals surface area contributed by atoms with Crippen LogP contribution in [0.4, 0.5) is 49.1 Å². The normalized spacial score (nSPS) is 19.4. The molecule has 41 heteroatoms. The molecule has 6 saturated carbocycles. The zero-order valence-corrected chi connectivity index (χ0v) is 81.1. The number of halogens is 10. The smallest absolute Gasteiger partial charge is 0.293 e. The number of aromatic amines is 1. The van der Waals surface area contributed by atoms with Crippen LogP contribution in [0.3, 0.4) is 0 Å². The average molecular weight is 2010 g/mol. The molecule has 10 N–H and O–H groups in total. The molecule has 736 valence electrons. The highest BCUT2D eigenvalue weighted by Gasteiger charge is 2.65. The Bertz CT molecular complexity index is 6640. The summed E-state index contributed by atoms with van der Waals surface area (Å²) in [6.45, 7) is 18.0. The molecular formula is C99H100Cl4F6N16O15. The van der Waals surface area contributed by atoms with E-state index in [0.717, 1.165) is 47.2 Å². The lowest BCUT2D eigenvalue weighted by molar-refractivity contribution is -0.164. The molecule has 4 aliphatic heterocycles. The van der Waals surface area contributed by atoms with Crippen LogP contribution in [0.5, 0.6) is 0 Å². The number of aromatic nitrogens is 7. The standard InChI is InChI=1S/C26H26ClF2N3O4.C25H25ClF2N4O4.C25H26ClF2N3O4.C23H23ClN6O3/c1-4-19(33)25(10-26(28,29)11-25)31-24(36)22(34)20-13(3)21(32-17-7-14(17)8-18(20)32)23(35)30-15-6-5-12(2)16(27)9-15;1-11-4-5-14(8-15(11)26)30-21(34)19-12(2)18(17-7-13-6-16(13)32(17)19)20(33)22(35)31-24(23(36)29-3)9-25(27,28)10-24;1-4-18(32)24(11-25(27,28)12-24)30-23(35)21(33)19-14(3)20(31-9-5-6-17(19)31)22(34)29-15-8-7-13(2)16(26)10-15;1-12-5-6-14(10-15(12)24)26-21(32)19-13(2)18(16-4-3-9-30(16)19)20(31)22(33)27-23(7-8-23)17-11-25-29-28-17/h5-6,9,14,17H,4,7-8,10-11H2,1-3H3,(H,30,35)(H,31,36);4-5,8,13,16H,6-7,9-10H2,1-3H3,(H,29,36)(H,30,34)(H,31,35);7-8,10H,4-6,9,11-12H2,1-3H3,(H,29,34)(H,30,35);5-6,10-11H,3-4,7-9H2,1-2H3,(H,26,32)(H,27,33)(H,25,28,29)/t14-,17-;13-,16-;;/m10../s1. The molecule has 9 amide bonds. The first-order chi connectivity index (χ1) is 65.9. The number of Topliss-reactive ketones (excluding diaryl/α,β-unsaturated/α-hetero) is 6. The van der Waals surface area contributed by atoms with E-state index in [2.05, 4.69) is 63.3 Å². The number of benzene rings is 4. The first-order valence-corrected chi connectivity index (χ1v) is 47.4. The van der Waals surface area contributed by atoms with Crippen LogP contribution in [0.15, 0.2) is 79.0 Å². The number of anilines is 4. The number of carbonyl (C=O) groups excluding carboxylic acids is 15. The number of ketones is 6. The van der Waals surface area contributed by atoms with Crippen molar-refractivity contribution in [2.24, 2.45) is 11.8 Å².